The summed E-state index contributed by atoms with van der Waals surface area (Å²) in [6.07, 6.45) is 1.40. The molecule has 0 spiro atoms. The smallest absolute Gasteiger partial charge is 0.225 e. The third-order valence-corrected chi connectivity index (χ3v) is 5.45. The third-order valence-electron chi connectivity index (χ3n) is 4.83. The molecule has 1 N–H and O–H groups in total. The van der Waals surface area contributed by atoms with Crippen molar-refractivity contribution in [2.75, 3.05) is 14.2 Å². The van der Waals surface area contributed by atoms with Crippen LogP contribution in [0.4, 0.5) is 0 Å². The Hall–Kier alpha value is -1.82. The number of benzene rings is 1. The lowest BCUT2D eigenvalue weighted by Crippen LogP contribution is -2.40. The van der Waals surface area contributed by atoms with Crippen molar-refractivity contribution >= 4 is 27.6 Å². The normalized spacial score (nSPS) is 22.4. The Morgan fingerprint density at radius 2 is 1.80 bits per heavy atom. The standard InChI is InChI=1S/C19H22BrNO4/c1-19(2)8-13-18(14(22)9-19)11(6-17(23)21-13)10-5-16(25-4)12(20)7-15(10)24-3/h5,7,11H,6,8-9H2,1-4H3,(H,21,23)/t11-/m1/s1. The fourth-order valence-corrected chi connectivity index (χ4v) is 4.26. The topological polar surface area (TPSA) is 64.6 Å². The molecule has 1 amide bonds. The molecule has 0 bridgehead atoms. The lowest BCUT2D eigenvalue weighted by Gasteiger charge is -2.38. The van der Waals surface area contributed by atoms with E-state index in [1.807, 2.05) is 26.0 Å². The van der Waals surface area contributed by atoms with E-state index in [9.17, 15) is 9.59 Å². The van der Waals surface area contributed by atoms with Crippen LogP contribution in [0.2, 0.25) is 0 Å². The average Bonchev–Trinajstić information content (AvgIpc) is 2.51. The first kappa shape index (κ1) is 18.0. The molecule has 1 aromatic carbocycles. The zero-order chi connectivity index (χ0) is 18.4. The predicted molar refractivity (Wildman–Crippen MR) is 97.8 cm³/mol. The van der Waals surface area contributed by atoms with Crippen molar-refractivity contribution in [2.45, 2.75) is 39.0 Å². The molecule has 0 fully saturated rings. The number of hydrogen-bond acceptors (Lipinski definition) is 4. The fourth-order valence-electron chi connectivity index (χ4n) is 3.78. The van der Waals surface area contributed by atoms with Crippen molar-refractivity contribution < 1.29 is 19.1 Å². The SMILES string of the molecule is COc1cc([C@H]2CC(=O)NC3=C2C(=O)CC(C)(C)C3)c(OC)cc1Br. The van der Waals surface area contributed by atoms with Crippen LogP contribution in [-0.4, -0.2) is 25.9 Å². The van der Waals surface area contributed by atoms with Crippen LogP contribution in [0, 0.1) is 5.41 Å². The van der Waals surface area contributed by atoms with Gasteiger partial charge in [-0.25, -0.2) is 0 Å². The lowest BCUT2D eigenvalue weighted by molar-refractivity contribution is -0.122. The van der Waals surface area contributed by atoms with E-state index in [0.717, 1.165) is 15.7 Å². The number of carbonyl (C=O) groups is 2. The minimum Gasteiger partial charge on any atom is -0.496 e. The highest BCUT2D eigenvalue weighted by atomic mass is 79.9. The van der Waals surface area contributed by atoms with Crippen LogP contribution in [0.15, 0.2) is 27.9 Å². The highest BCUT2D eigenvalue weighted by Gasteiger charge is 2.41. The van der Waals surface area contributed by atoms with E-state index in [2.05, 4.69) is 21.2 Å². The van der Waals surface area contributed by atoms with Gasteiger partial charge in [0.15, 0.2) is 5.78 Å². The van der Waals surface area contributed by atoms with Crippen molar-refractivity contribution in [3.63, 3.8) is 0 Å². The quantitative estimate of drug-likeness (QED) is 0.828. The van der Waals surface area contributed by atoms with E-state index in [1.165, 1.54) is 0 Å². The summed E-state index contributed by atoms with van der Waals surface area (Å²) in [7, 11) is 3.17. The molecule has 1 atom stereocenters. The van der Waals surface area contributed by atoms with Crippen molar-refractivity contribution in [1.82, 2.24) is 5.32 Å². The van der Waals surface area contributed by atoms with Crippen LogP contribution in [0.25, 0.3) is 0 Å². The average molecular weight is 408 g/mol. The van der Waals surface area contributed by atoms with E-state index in [-0.39, 0.29) is 29.4 Å². The lowest BCUT2D eigenvalue weighted by atomic mass is 9.70. The molecule has 1 heterocycles. The maximum absolute atomic E-state index is 12.9. The molecule has 5 nitrogen and oxygen atoms in total. The molecule has 1 aromatic rings. The summed E-state index contributed by atoms with van der Waals surface area (Å²) in [6.45, 7) is 4.10. The summed E-state index contributed by atoms with van der Waals surface area (Å²) < 4.78 is 11.7. The number of ketones is 1. The molecule has 25 heavy (non-hydrogen) atoms. The molecule has 0 unspecified atom stereocenters. The number of methoxy groups -OCH3 is 2. The Balaban J connectivity index is 2.16. The van der Waals surface area contributed by atoms with Gasteiger partial charge in [0.2, 0.25) is 5.91 Å². The molecule has 0 saturated carbocycles. The Morgan fingerprint density at radius 3 is 2.44 bits per heavy atom. The van der Waals surface area contributed by atoms with Gasteiger partial charge in [0.1, 0.15) is 11.5 Å². The highest BCUT2D eigenvalue weighted by molar-refractivity contribution is 9.10. The number of amides is 1. The molecule has 0 saturated heterocycles. The number of allylic oxidation sites excluding steroid dienone is 2. The van der Waals surface area contributed by atoms with Crippen molar-refractivity contribution in [3.8, 4) is 11.5 Å². The van der Waals surface area contributed by atoms with Gasteiger partial charge in [-0.15, -0.1) is 0 Å². The molecule has 0 aromatic heterocycles. The highest BCUT2D eigenvalue weighted by Crippen LogP contribution is 2.47. The van der Waals surface area contributed by atoms with Crippen LogP contribution in [0.5, 0.6) is 11.5 Å². The zero-order valence-corrected chi connectivity index (χ0v) is 16.5. The summed E-state index contributed by atoms with van der Waals surface area (Å²) in [6, 6.07) is 3.67. The summed E-state index contributed by atoms with van der Waals surface area (Å²) in [5, 5.41) is 2.92. The van der Waals surface area contributed by atoms with Crippen molar-refractivity contribution in [2.24, 2.45) is 5.41 Å². The first-order chi connectivity index (χ1) is 11.8. The Morgan fingerprint density at radius 1 is 1.12 bits per heavy atom. The van der Waals surface area contributed by atoms with E-state index < -0.39 is 0 Å². The fraction of sp³-hybridized carbons (Fsp3) is 0.474. The molecular formula is C19H22BrNO4. The van der Waals surface area contributed by atoms with Crippen LogP contribution in [0.1, 0.15) is 44.6 Å². The second-order valence-electron chi connectivity index (χ2n) is 7.37. The number of nitrogens with one attached hydrogen (secondary N) is 1. The molecule has 1 aliphatic heterocycles. The molecule has 0 radical (unpaired) electrons. The Kier molecular flexibility index (Phi) is 4.66. The summed E-state index contributed by atoms with van der Waals surface area (Å²) >= 11 is 3.45. The number of hydrogen-bond donors (Lipinski definition) is 1. The van der Waals surface area contributed by atoms with Gasteiger partial charge in [-0.3, -0.25) is 9.59 Å². The first-order valence-corrected chi connectivity index (χ1v) is 9.02. The van der Waals surface area contributed by atoms with Gasteiger partial charge in [0, 0.05) is 35.6 Å². The maximum atomic E-state index is 12.9. The molecule has 6 heteroatoms. The van der Waals surface area contributed by atoms with Gasteiger partial charge < -0.3 is 14.8 Å². The van der Waals surface area contributed by atoms with Gasteiger partial charge in [0.25, 0.3) is 0 Å². The predicted octanol–water partition coefficient (Wildman–Crippen LogP) is 3.71. The monoisotopic (exact) mass is 407 g/mol. The first-order valence-electron chi connectivity index (χ1n) is 8.23. The van der Waals surface area contributed by atoms with Crippen molar-refractivity contribution in [3.05, 3.63) is 33.4 Å². The van der Waals surface area contributed by atoms with Gasteiger partial charge in [-0.1, -0.05) is 13.8 Å². The van der Waals surface area contributed by atoms with Crippen LogP contribution < -0.4 is 14.8 Å². The Bertz CT molecular complexity index is 782. The third kappa shape index (κ3) is 3.32. The summed E-state index contributed by atoms with van der Waals surface area (Å²) in [4.78, 5) is 25.2. The van der Waals surface area contributed by atoms with E-state index >= 15 is 0 Å². The zero-order valence-electron chi connectivity index (χ0n) is 14.9. The number of Topliss-reactive ketones (excluding diaryl/α,β-unsaturated/α-hetero) is 1. The summed E-state index contributed by atoms with van der Waals surface area (Å²) in [5.74, 6) is 0.993. The minimum atomic E-state index is -0.315. The molecule has 3 rings (SSSR count). The Labute approximate surface area is 155 Å². The number of halogens is 1. The number of rotatable bonds is 3. The molecule has 2 aliphatic rings. The van der Waals surface area contributed by atoms with E-state index in [1.54, 1.807) is 14.2 Å². The molecule has 1 aliphatic carbocycles. The maximum Gasteiger partial charge on any atom is 0.225 e. The van der Waals surface area contributed by atoms with Crippen molar-refractivity contribution in [1.29, 1.82) is 0 Å². The van der Waals surface area contributed by atoms with Gasteiger partial charge in [-0.05, 0) is 39.9 Å². The van der Waals surface area contributed by atoms with E-state index in [4.69, 9.17) is 9.47 Å². The second-order valence-corrected chi connectivity index (χ2v) is 8.22. The second kappa shape index (κ2) is 6.48. The molecular weight excluding hydrogens is 386 g/mol. The number of ether oxygens (including phenoxy) is 2. The number of carbonyl (C=O) groups excluding carboxylic acids is 2. The van der Waals surface area contributed by atoms with Gasteiger partial charge in [0.05, 0.1) is 18.7 Å². The van der Waals surface area contributed by atoms with Crippen LogP contribution >= 0.6 is 15.9 Å². The van der Waals surface area contributed by atoms with E-state index in [0.29, 0.717) is 29.9 Å². The van der Waals surface area contributed by atoms with Gasteiger partial charge >= 0.3 is 0 Å². The van der Waals surface area contributed by atoms with Crippen LogP contribution in [0.3, 0.4) is 0 Å². The van der Waals surface area contributed by atoms with Gasteiger partial charge in [-0.2, -0.15) is 0 Å². The summed E-state index contributed by atoms with van der Waals surface area (Å²) in [5.41, 5.74) is 2.12. The minimum absolute atomic E-state index is 0.0711. The largest absolute Gasteiger partial charge is 0.496 e. The molecule has 134 valence electrons. The van der Waals surface area contributed by atoms with Crippen LogP contribution in [-0.2, 0) is 9.59 Å².